The standard InChI is InChI=1S/C22H23N3O4S/c1-30(27,28)25-13-11-17(12-14-25)24-21(26)18-9-5-6-10-19(18)22-23-15-20(29-22)16-7-3-2-4-8-16/h2-10,15,17H,11-14H2,1H3,(H,24,26). The van der Waals surface area contributed by atoms with Crippen LogP contribution in [0.1, 0.15) is 23.2 Å². The Morgan fingerprint density at radius 2 is 1.73 bits per heavy atom. The molecule has 0 unspecified atom stereocenters. The maximum Gasteiger partial charge on any atom is 0.252 e. The van der Waals surface area contributed by atoms with Gasteiger partial charge in [0.1, 0.15) is 0 Å². The molecule has 0 bridgehead atoms. The minimum atomic E-state index is -3.19. The van der Waals surface area contributed by atoms with Gasteiger partial charge < -0.3 is 9.73 Å². The lowest BCUT2D eigenvalue weighted by Crippen LogP contribution is -2.46. The molecule has 2 heterocycles. The number of amides is 1. The number of piperidine rings is 1. The van der Waals surface area contributed by atoms with Crippen molar-refractivity contribution in [2.75, 3.05) is 19.3 Å². The molecule has 156 valence electrons. The molecule has 2 aromatic carbocycles. The predicted octanol–water partition coefficient (Wildman–Crippen LogP) is 3.16. The fraction of sp³-hybridized carbons (Fsp3) is 0.273. The number of aromatic nitrogens is 1. The molecule has 0 spiro atoms. The molecule has 1 N–H and O–H groups in total. The molecule has 0 aliphatic carbocycles. The summed E-state index contributed by atoms with van der Waals surface area (Å²) in [7, 11) is -3.19. The van der Waals surface area contributed by atoms with Crippen LogP contribution < -0.4 is 5.32 Å². The zero-order valence-corrected chi connectivity index (χ0v) is 17.4. The number of rotatable bonds is 5. The summed E-state index contributed by atoms with van der Waals surface area (Å²) in [6, 6.07) is 16.8. The highest BCUT2D eigenvalue weighted by molar-refractivity contribution is 7.88. The molecule has 30 heavy (non-hydrogen) atoms. The third kappa shape index (κ3) is 4.44. The Morgan fingerprint density at radius 3 is 2.43 bits per heavy atom. The topological polar surface area (TPSA) is 92.5 Å². The van der Waals surface area contributed by atoms with Crippen LogP contribution in [0.5, 0.6) is 0 Å². The minimum absolute atomic E-state index is 0.0759. The Kier molecular flexibility index (Phi) is 5.69. The largest absolute Gasteiger partial charge is 0.436 e. The second-order valence-corrected chi connectivity index (χ2v) is 9.33. The Morgan fingerprint density at radius 1 is 1.07 bits per heavy atom. The second kappa shape index (κ2) is 8.41. The highest BCUT2D eigenvalue weighted by Crippen LogP contribution is 2.28. The molecule has 1 aliphatic rings. The molecule has 1 saturated heterocycles. The number of hydrogen-bond acceptors (Lipinski definition) is 5. The number of nitrogens with one attached hydrogen (secondary N) is 1. The summed E-state index contributed by atoms with van der Waals surface area (Å²) < 4.78 is 30.7. The van der Waals surface area contributed by atoms with E-state index in [9.17, 15) is 13.2 Å². The summed E-state index contributed by atoms with van der Waals surface area (Å²) in [6.07, 6.45) is 4.03. The average Bonchev–Trinajstić information content (AvgIpc) is 3.24. The van der Waals surface area contributed by atoms with Gasteiger partial charge in [-0.05, 0) is 25.0 Å². The lowest BCUT2D eigenvalue weighted by molar-refractivity contribution is 0.0924. The van der Waals surface area contributed by atoms with Crippen LogP contribution in [0.4, 0.5) is 0 Å². The van der Waals surface area contributed by atoms with E-state index >= 15 is 0 Å². The number of carbonyl (C=O) groups excluding carboxylic acids is 1. The maximum absolute atomic E-state index is 12.9. The zero-order valence-electron chi connectivity index (χ0n) is 16.6. The van der Waals surface area contributed by atoms with Gasteiger partial charge in [0.15, 0.2) is 5.76 Å². The summed E-state index contributed by atoms with van der Waals surface area (Å²) in [5.41, 5.74) is 2.01. The van der Waals surface area contributed by atoms with Crippen LogP contribution in [0.2, 0.25) is 0 Å². The van der Waals surface area contributed by atoms with Crippen molar-refractivity contribution >= 4 is 15.9 Å². The van der Waals surface area contributed by atoms with Crippen molar-refractivity contribution in [3.8, 4) is 22.8 Å². The first-order valence-corrected chi connectivity index (χ1v) is 11.6. The summed E-state index contributed by atoms with van der Waals surface area (Å²) in [4.78, 5) is 17.3. The molecular formula is C22H23N3O4S. The van der Waals surface area contributed by atoms with Gasteiger partial charge in [0.05, 0.1) is 18.0 Å². The van der Waals surface area contributed by atoms with Crippen LogP contribution in [-0.4, -0.2) is 49.0 Å². The molecule has 4 rings (SSSR count). The predicted molar refractivity (Wildman–Crippen MR) is 114 cm³/mol. The van der Waals surface area contributed by atoms with E-state index in [1.54, 1.807) is 18.3 Å². The maximum atomic E-state index is 12.9. The molecule has 7 nitrogen and oxygen atoms in total. The fourth-order valence-electron chi connectivity index (χ4n) is 3.60. The van der Waals surface area contributed by atoms with Crippen molar-refractivity contribution in [1.82, 2.24) is 14.6 Å². The third-order valence-corrected chi connectivity index (χ3v) is 6.53. The number of carbonyl (C=O) groups is 1. The van der Waals surface area contributed by atoms with Gasteiger partial charge in [0, 0.05) is 30.3 Å². The van der Waals surface area contributed by atoms with E-state index in [1.807, 2.05) is 42.5 Å². The number of sulfonamides is 1. The summed E-state index contributed by atoms with van der Waals surface area (Å²) >= 11 is 0. The lowest BCUT2D eigenvalue weighted by Gasteiger charge is -2.30. The number of nitrogens with zero attached hydrogens (tertiary/aromatic N) is 2. The Labute approximate surface area is 175 Å². The van der Waals surface area contributed by atoms with Crippen molar-refractivity contribution < 1.29 is 17.6 Å². The van der Waals surface area contributed by atoms with Crippen molar-refractivity contribution in [3.63, 3.8) is 0 Å². The van der Waals surface area contributed by atoms with Crippen LogP contribution in [0.25, 0.3) is 22.8 Å². The van der Waals surface area contributed by atoms with Crippen molar-refractivity contribution in [1.29, 1.82) is 0 Å². The molecule has 1 fully saturated rings. The number of oxazole rings is 1. The van der Waals surface area contributed by atoms with Gasteiger partial charge in [-0.1, -0.05) is 42.5 Å². The van der Waals surface area contributed by atoms with Gasteiger partial charge in [-0.3, -0.25) is 4.79 Å². The number of benzene rings is 2. The SMILES string of the molecule is CS(=O)(=O)N1CCC(NC(=O)c2ccccc2-c2ncc(-c3ccccc3)o2)CC1. The molecule has 1 aromatic heterocycles. The quantitative estimate of drug-likeness (QED) is 0.678. The van der Waals surface area contributed by atoms with E-state index in [-0.39, 0.29) is 11.9 Å². The van der Waals surface area contributed by atoms with Crippen molar-refractivity contribution in [3.05, 3.63) is 66.4 Å². The third-order valence-electron chi connectivity index (χ3n) is 5.22. The average molecular weight is 426 g/mol. The molecule has 1 amide bonds. The second-order valence-electron chi connectivity index (χ2n) is 7.35. The Hall–Kier alpha value is -2.97. The first kappa shape index (κ1) is 20.3. The van der Waals surface area contributed by atoms with Gasteiger partial charge >= 0.3 is 0 Å². The van der Waals surface area contributed by atoms with Gasteiger partial charge in [-0.2, -0.15) is 0 Å². The van der Waals surface area contributed by atoms with E-state index in [4.69, 9.17) is 4.42 Å². The Balaban J connectivity index is 1.50. The molecule has 0 atom stereocenters. The fourth-order valence-corrected chi connectivity index (χ4v) is 4.47. The zero-order chi connectivity index (χ0) is 21.1. The molecule has 3 aromatic rings. The summed E-state index contributed by atoms with van der Waals surface area (Å²) in [5.74, 6) is 0.795. The molecular weight excluding hydrogens is 402 g/mol. The first-order valence-electron chi connectivity index (χ1n) is 9.78. The van der Waals surface area contributed by atoms with E-state index in [0.717, 1.165) is 5.56 Å². The van der Waals surface area contributed by atoms with Crippen LogP contribution in [0.3, 0.4) is 0 Å². The first-order chi connectivity index (χ1) is 14.4. The van der Waals surface area contributed by atoms with E-state index in [1.165, 1.54) is 10.6 Å². The van der Waals surface area contributed by atoms with Gasteiger partial charge in [0.25, 0.3) is 5.91 Å². The van der Waals surface area contributed by atoms with Crippen molar-refractivity contribution in [2.45, 2.75) is 18.9 Å². The number of hydrogen-bond donors (Lipinski definition) is 1. The molecule has 8 heteroatoms. The molecule has 0 radical (unpaired) electrons. The van der Waals surface area contributed by atoms with Crippen LogP contribution in [-0.2, 0) is 10.0 Å². The van der Waals surface area contributed by atoms with E-state index in [0.29, 0.717) is 48.7 Å². The smallest absolute Gasteiger partial charge is 0.252 e. The van der Waals surface area contributed by atoms with Crippen LogP contribution in [0, 0.1) is 0 Å². The summed E-state index contributed by atoms with van der Waals surface area (Å²) in [5, 5.41) is 3.03. The minimum Gasteiger partial charge on any atom is -0.436 e. The van der Waals surface area contributed by atoms with Gasteiger partial charge in [-0.25, -0.2) is 17.7 Å². The van der Waals surface area contributed by atoms with Gasteiger partial charge in [-0.15, -0.1) is 0 Å². The Bertz CT molecular complexity index is 1130. The highest BCUT2D eigenvalue weighted by atomic mass is 32.2. The highest BCUT2D eigenvalue weighted by Gasteiger charge is 2.27. The molecule has 0 saturated carbocycles. The van der Waals surface area contributed by atoms with Crippen molar-refractivity contribution in [2.24, 2.45) is 0 Å². The summed E-state index contributed by atoms with van der Waals surface area (Å²) in [6.45, 7) is 0.817. The normalized spacial score (nSPS) is 15.8. The lowest BCUT2D eigenvalue weighted by atomic mass is 10.0. The van der Waals surface area contributed by atoms with E-state index in [2.05, 4.69) is 10.3 Å². The molecule has 1 aliphatic heterocycles. The van der Waals surface area contributed by atoms with Crippen LogP contribution in [0.15, 0.2) is 65.2 Å². The van der Waals surface area contributed by atoms with Crippen LogP contribution >= 0.6 is 0 Å². The monoisotopic (exact) mass is 425 g/mol. The van der Waals surface area contributed by atoms with E-state index < -0.39 is 10.0 Å². The van der Waals surface area contributed by atoms with Gasteiger partial charge in [0.2, 0.25) is 15.9 Å².